The summed E-state index contributed by atoms with van der Waals surface area (Å²) in [5.74, 6) is 2.59. The number of benzene rings is 2. The second-order valence-electron chi connectivity index (χ2n) is 5.80. The van der Waals surface area contributed by atoms with Crippen LogP contribution in [-0.4, -0.2) is 24.2 Å². The monoisotopic (exact) mass is 414 g/mol. The highest BCUT2D eigenvalue weighted by molar-refractivity contribution is 9.10. The summed E-state index contributed by atoms with van der Waals surface area (Å²) in [7, 11) is 3.14. The second kappa shape index (κ2) is 6.49. The van der Waals surface area contributed by atoms with Crippen LogP contribution in [0.3, 0.4) is 0 Å². The Labute approximate surface area is 157 Å². The molecule has 0 amide bonds. The maximum atomic E-state index is 12.6. The van der Waals surface area contributed by atoms with Gasteiger partial charge < -0.3 is 19.2 Å². The van der Waals surface area contributed by atoms with Crippen LogP contribution >= 0.6 is 15.9 Å². The van der Waals surface area contributed by atoms with E-state index in [4.69, 9.17) is 14.2 Å². The van der Waals surface area contributed by atoms with E-state index in [0.29, 0.717) is 46.5 Å². The van der Waals surface area contributed by atoms with Gasteiger partial charge in [-0.2, -0.15) is 4.98 Å². The summed E-state index contributed by atoms with van der Waals surface area (Å²) in [5.41, 5.74) is 1.82. The SMILES string of the molecule is COc1ccc(OC)c(-c2nc3c(c(=O)[nH]2)Cc2cc(Br)ccc2O3)c1. The minimum atomic E-state index is -0.236. The third-order valence-corrected chi connectivity index (χ3v) is 4.73. The van der Waals surface area contributed by atoms with Gasteiger partial charge in [0.05, 0.1) is 25.3 Å². The number of hydrogen-bond donors (Lipinski definition) is 1. The first kappa shape index (κ1) is 16.7. The molecule has 3 aromatic rings. The predicted octanol–water partition coefficient (Wildman–Crippen LogP) is 3.91. The number of aromatic amines is 1. The van der Waals surface area contributed by atoms with Gasteiger partial charge in [-0.3, -0.25) is 4.79 Å². The molecule has 26 heavy (non-hydrogen) atoms. The molecule has 2 heterocycles. The van der Waals surface area contributed by atoms with E-state index >= 15 is 0 Å². The quantitative estimate of drug-likeness (QED) is 0.549. The lowest BCUT2D eigenvalue weighted by atomic mass is 10.0. The molecule has 0 saturated heterocycles. The number of halogens is 1. The van der Waals surface area contributed by atoms with E-state index in [9.17, 15) is 4.79 Å². The van der Waals surface area contributed by atoms with Crippen molar-refractivity contribution >= 4 is 15.9 Å². The number of ether oxygens (including phenoxy) is 3. The minimum Gasteiger partial charge on any atom is -0.497 e. The topological polar surface area (TPSA) is 73.4 Å². The zero-order valence-corrected chi connectivity index (χ0v) is 15.7. The molecule has 7 heteroatoms. The van der Waals surface area contributed by atoms with Crippen LogP contribution < -0.4 is 19.8 Å². The molecule has 0 spiro atoms. The molecule has 0 fully saturated rings. The Kier molecular flexibility index (Phi) is 4.16. The van der Waals surface area contributed by atoms with Crippen LogP contribution in [-0.2, 0) is 6.42 Å². The van der Waals surface area contributed by atoms with Gasteiger partial charge in [-0.1, -0.05) is 15.9 Å². The summed E-state index contributed by atoms with van der Waals surface area (Å²) in [6.07, 6.45) is 0.460. The summed E-state index contributed by atoms with van der Waals surface area (Å²) in [6.45, 7) is 0. The van der Waals surface area contributed by atoms with Crippen LogP contribution in [0.5, 0.6) is 23.1 Å². The number of fused-ring (bicyclic) bond motifs is 2. The molecule has 0 aliphatic carbocycles. The molecule has 4 rings (SSSR count). The number of H-pyrrole nitrogens is 1. The third-order valence-electron chi connectivity index (χ3n) is 4.24. The fraction of sp³-hybridized carbons (Fsp3) is 0.158. The number of aromatic nitrogens is 2. The molecular formula is C19H15BrN2O4. The van der Waals surface area contributed by atoms with Crippen molar-refractivity contribution in [1.29, 1.82) is 0 Å². The van der Waals surface area contributed by atoms with Crippen molar-refractivity contribution in [1.82, 2.24) is 9.97 Å². The molecule has 0 unspecified atom stereocenters. The molecule has 132 valence electrons. The van der Waals surface area contributed by atoms with Gasteiger partial charge in [0.15, 0.2) is 0 Å². The van der Waals surface area contributed by atoms with E-state index in [1.807, 2.05) is 18.2 Å². The number of methoxy groups -OCH3 is 2. The molecule has 1 aliphatic rings. The van der Waals surface area contributed by atoms with Gasteiger partial charge >= 0.3 is 0 Å². The maximum Gasteiger partial charge on any atom is 0.258 e. The van der Waals surface area contributed by atoms with Crippen molar-refractivity contribution in [2.75, 3.05) is 14.2 Å². The van der Waals surface area contributed by atoms with Crippen LogP contribution in [0.15, 0.2) is 45.7 Å². The Morgan fingerprint density at radius 1 is 1.15 bits per heavy atom. The number of hydrogen-bond acceptors (Lipinski definition) is 5. The van der Waals surface area contributed by atoms with Gasteiger partial charge in [0.1, 0.15) is 23.1 Å². The molecule has 0 radical (unpaired) electrons. The van der Waals surface area contributed by atoms with Crippen molar-refractivity contribution in [3.05, 3.63) is 62.4 Å². The molecule has 0 saturated carbocycles. The van der Waals surface area contributed by atoms with Crippen LogP contribution in [0, 0.1) is 0 Å². The van der Waals surface area contributed by atoms with Crippen molar-refractivity contribution in [3.8, 4) is 34.5 Å². The van der Waals surface area contributed by atoms with Crippen molar-refractivity contribution < 1.29 is 14.2 Å². The minimum absolute atomic E-state index is 0.236. The van der Waals surface area contributed by atoms with Crippen LogP contribution in [0.1, 0.15) is 11.1 Å². The van der Waals surface area contributed by atoms with Gasteiger partial charge in [-0.05, 0) is 36.4 Å². The molecule has 0 bridgehead atoms. The van der Waals surface area contributed by atoms with E-state index in [1.165, 1.54) is 0 Å². The Balaban J connectivity index is 1.84. The number of rotatable bonds is 3. The lowest BCUT2D eigenvalue weighted by molar-refractivity contribution is 0.404. The summed E-state index contributed by atoms with van der Waals surface area (Å²) in [6, 6.07) is 11.0. The van der Waals surface area contributed by atoms with Crippen LogP contribution in [0.4, 0.5) is 0 Å². The van der Waals surface area contributed by atoms with Gasteiger partial charge in [-0.25, -0.2) is 0 Å². The fourth-order valence-corrected chi connectivity index (χ4v) is 3.33. The first-order valence-corrected chi connectivity index (χ1v) is 8.70. The van der Waals surface area contributed by atoms with Crippen LogP contribution in [0.2, 0.25) is 0 Å². The fourth-order valence-electron chi connectivity index (χ4n) is 2.92. The molecular weight excluding hydrogens is 400 g/mol. The summed E-state index contributed by atoms with van der Waals surface area (Å²) in [5, 5.41) is 0. The van der Waals surface area contributed by atoms with Crippen molar-refractivity contribution in [3.63, 3.8) is 0 Å². The highest BCUT2D eigenvalue weighted by Gasteiger charge is 2.23. The second-order valence-corrected chi connectivity index (χ2v) is 6.71. The Bertz CT molecular complexity index is 1060. The van der Waals surface area contributed by atoms with E-state index in [1.54, 1.807) is 32.4 Å². The smallest absolute Gasteiger partial charge is 0.258 e. The zero-order valence-electron chi connectivity index (χ0n) is 14.1. The Morgan fingerprint density at radius 3 is 2.77 bits per heavy atom. The normalized spacial score (nSPS) is 12.0. The molecule has 1 N–H and O–H groups in total. The van der Waals surface area contributed by atoms with E-state index < -0.39 is 0 Å². The lowest BCUT2D eigenvalue weighted by Crippen LogP contribution is -2.20. The van der Waals surface area contributed by atoms with Gasteiger partial charge in [0.2, 0.25) is 5.88 Å². The third kappa shape index (κ3) is 2.84. The Hall–Kier alpha value is -2.80. The molecule has 2 aromatic carbocycles. The van der Waals surface area contributed by atoms with Gasteiger partial charge in [0.25, 0.3) is 5.56 Å². The lowest BCUT2D eigenvalue weighted by Gasteiger charge is -2.19. The summed E-state index contributed by atoms with van der Waals surface area (Å²) < 4.78 is 17.5. The standard InChI is InChI=1S/C19H15BrN2O4/c1-24-12-4-6-16(25-2)13(9-12)17-21-18(23)14-8-10-7-11(20)3-5-15(10)26-19(14)22-17/h3-7,9H,8H2,1-2H3,(H,21,22,23). The van der Waals surface area contributed by atoms with Crippen molar-refractivity contribution in [2.24, 2.45) is 0 Å². The highest BCUT2D eigenvalue weighted by atomic mass is 79.9. The predicted molar refractivity (Wildman–Crippen MR) is 100 cm³/mol. The number of nitrogens with zero attached hydrogens (tertiary/aromatic N) is 1. The average molecular weight is 415 g/mol. The maximum absolute atomic E-state index is 12.6. The first-order chi connectivity index (χ1) is 12.6. The summed E-state index contributed by atoms with van der Waals surface area (Å²) in [4.78, 5) is 20.0. The zero-order chi connectivity index (χ0) is 18.3. The van der Waals surface area contributed by atoms with Gasteiger partial charge in [-0.15, -0.1) is 0 Å². The molecule has 6 nitrogen and oxygen atoms in total. The van der Waals surface area contributed by atoms with E-state index in [2.05, 4.69) is 25.9 Å². The first-order valence-electron chi connectivity index (χ1n) is 7.91. The van der Waals surface area contributed by atoms with Gasteiger partial charge in [0, 0.05) is 16.5 Å². The number of nitrogens with one attached hydrogen (secondary N) is 1. The largest absolute Gasteiger partial charge is 0.497 e. The highest BCUT2D eigenvalue weighted by Crippen LogP contribution is 2.37. The molecule has 0 atom stereocenters. The van der Waals surface area contributed by atoms with Crippen LogP contribution in [0.25, 0.3) is 11.4 Å². The Morgan fingerprint density at radius 2 is 2.00 bits per heavy atom. The molecule has 1 aromatic heterocycles. The van der Waals surface area contributed by atoms with E-state index in [-0.39, 0.29) is 5.56 Å². The van der Waals surface area contributed by atoms with E-state index in [0.717, 1.165) is 10.0 Å². The average Bonchev–Trinajstić information content (AvgIpc) is 2.66. The summed E-state index contributed by atoms with van der Waals surface area (Å²) >= 11 is 3.44. The molecule has 1 aliphatic heterocycles. The van der Waals surface area contributed by atoms with Crippen molar-refractivity contribution in [2.45, 2.75) is 6.42 Å².